The molecule has 1 heterocycles. The third-order valence-electron chi connectivity index (χ3n) is 3.82. The maximum Gasteiger partial charge on any atom is 0.343 e. The van der Waals surface area contributed by atoms with Crippen molar-refractivity contribution in [3.8, 4) is 17.2 Å². The van der Waals surface area contributed by atoms with Crippen LogP contribution in [0.1, 0.15) is 11.1 Å². The van der Waals surface area contributed by atoms with Crippen LogP contribution in [0.3, 0.4) is 0 Å². The molecule has 25 heavy (non-hydrogen) atoms. The summed E-state index contributed by atoms with van der Waals surface area (Å²) in [6.45, 7) is 0. The topological polar surface area (TPSA) is 54.0 Å². The maximum atomic E-state index is 12.2. The number of methoxy groups -OCH3 is 3. The van der Waals surface area contributed by atoms with Gasteiger partial charge < -0.3 is 18.9 Å². The lowest BCUT2D eigenvalue weighted by molar-refractivity contribution is -0.130. The minimum absolute atomic E-state index is 0.407. The summed E-state index contributed by atoms with van der Waals surface area (Å²) in [5, 5.41) is 0. The summed E-state index contributed by atoms with van der Waals surface area (Å²) < 4.78 is 21.2. The van der Waals surface area contributed by atoms with Crippen LogP contribution in [0.15, 0.2) is 54.1 Å². The Hall–Kier alpha value is -3.21. The number of cyclic esters (lactones) is 1. The highest BCUT2D eigenvalue weighted by molar-refractivity contribution is 6.05. The lowest BCUT2D eigenvalue weighted by Crippen LogP contribution is -1.98. The Morgan fingerprint density at radius 2 is 1.68 bits per heavy atom. The molecule has 5 heteroatoms. The van der Waals surface area contributed by atoms with E-state index in [-0.39, 0.29) is 0 Å². The lowest BCUT2D eigenvalue weighted by atomic mass is 10.1. The van der Waals surface area contributed by atoms with Gasteiger partial charge in [-0.15, -0.1) is 0 Å². The van der Waals surface area contributed by atoms with Crippen LogP contribution in [0.5, 0.6) is 17.2 Å². The molecule has 0 aliphatic carbocycles. The van der Waals surface area contributed by atoms with Crippen molar-refractivity contribution in [3.05, 3.63) is 65.2 Å². The number of carbonyl (C=O) groups excluding carboxylic acids is 1. The molecule has 1 aliphatic heterocycles. The number of carbonyl (C=O) groups is 1. The van der Waals surface area contributed by atoms with E-state index in [0.29, 0.717) is 28.4 Å². The van der Waals surface area contributed by atoms with Crippen molar-refractivity contribution in [1.29, 1.82) is 0 Å². The molecule has 0 N–H and O–H groups in total. The first kappa shape index (κ1) is 16.6. The van der Waals surface area contributed by atoms with E-state index in [1.165, 1.54) is 0 Å². The van der Waals surface area contributed by atoms with Gasteiger partial charge in [0.05, 0.1) is 32.5 Å². The van der Waals surface area contributed by atoms with Gasteiger partial charge in [-0.3, -0.25) is 0 Å². The molecule has 3 rings (SSSR count). The van der Waals surface area contributed by atoms with Crippen molar-refractivity contribution < 1.29 is 23.7 Å². The fourth-order valence-corrected chi connectivity index (χ4v) is 2.53. The van der Waals surface area contributed by atoms with E-state index in [4.69, 9.17) is 18.9 Å². The van der Waals surface area contributed by atoms with Crippen LogP contribution in [-0.4, -0.2) is 27.3 Å². The molecule has 1 aliphatic rings. The predicted octanol–water partition coefficient (Wildman–Crippen LogP) is 3.69. The smallest absolute Gasteiger partial charge is 0.343 e. The zero-order valence-corrected chi connectivity index (χ0v) is 14.2. The van der Waals surface area contributed by atoms with Crippen LogP contribution in [0.4, 0.5) is 0 Å². The Bertz CT molecular complexity index is 864. The Morgan fingerprint density at radius 1 is 0.920 bits per heavy atom. The second kappa shape index (κ2) is 7.13. The number of benzene rings is 2. The highest BCUT2D eigenvalue weighted by Gasteiger charge is 2.24. The van der Waals surface area contributed by atoms with Crippen LogP contribution in [0.25, 0.3) is 11.8 Å². The molecule has 0 atom stereocenters. The van der Waals surface area contributed by atoms with Crippen LogP contribution in [-0.2, 0) is 9.53 Å². The molecule has 0 amide bonds. The van der Waals surface area contributed by atoms with Crippen LogP contribution < -0.4 is 14.2 Å². The minimum Gasteiger partial charge on any atom is -0.497 e. The molecular weight excluding hydrogens is 320 g/mol. The standard InChI is InChI=1S/C20H18O5/c1-22-15-6-4-5-13(10-15)9-14-11-19(25-20(14)21)17-8-7-16(23-2)12-18(17)24-3/h4-12H,1-3H3/b14-9-. The normalized spacial score (nSPS) is 14.9. The molecule has 0 unspecified atom stereocenters. The largest absolute Gasteiger partial charge is 0.497 e. The van der Waals surface area contributed by atoms with Crippen molar-refractivity contribution in [2.45, 2.75) is 0 Å². The van der Waals surface area contributed by atoms with E-state index in [0.717, 1.165) is 11.3 Å². The second-order valence-corrected chi connectivity index (χ2v) is 5.34. The van der Waals surface area contributed by atoms with Gasteiger partial charge in [-0.25, -0.2) is 4.79 Å². The maximum absolute atomic E-state index is 12.2. The summed E-state index contributed by atoms with van der Waals surface area (Å²) in [6, 6.07) is 12.8. The van der Waals surface area contributed by atoms with Gasteiger partial charge in [0.15, 0.2) is 0 Å². The SMILES string of the molecule is COc1cccc(/C=C2/C=C(c3ccc(OC)cc3OC)OC2=O)c1. The number of rotatable bonds is 5. The zero-order chi connectivity index (χ0) is 17.8. The van der Waals surface area contributed by atoms with Gasteiger partial charge in [-0.2, -0.15) is 0 Å². The van der Waals surface area contributed by atoms with Crippen molar-refractivity contribution in [2.75, 3.05) is 21.3 Å². The van der Waals surface area contributed by atoms with Crippen molar-refractivity contribution in [3.63, 3.8) is 0 Å². The van der Waals surface area contributed by atoms with Crippen molar-refractivity contribution in [2.24, 2.45) is 0 Å². The van der Waals surface area contributed by atoms with Crippen LogP contribution >= 0.6 is 0 Å². The summed E-state index contributed by atoms with van der Waals surface area (Å²) in [4.78, 5) is 12.2. The molecule has 2 aromatic rings. The molecule has 0 radical (unpaired) electrons. The van der Waals surface area contributed by atoms with Crippen LogP contribution in [0.2, 0.25) is 0 Å². The number of hydrogen-bond acceptors (Lipinski definition) is 5. The first-order chi connectivity index (χ1) is 12.1. The minimum atomic E-state index is -0.407. The second-order valence-electron chi connectivity index (χ2n) is 5.34. The van der Waals surface area contributed by atoms with Gasteiger partial charge in [0.2, 0.25) is 0 Å². The first-order valence-electron chi connectivity index (χ1n) is 7.66. The van der Waals surface area contributed by atoms with Crippen molar-refractivity contribution in [1.82, 2.24) is 0 Å². The molecule has 5 nitrogen and oxygen atoms in total. The van der Waals surface area contributed by atoms with E-state index < -0.39 is 5.97 Å². The molecule has 0 bridgehead atoms. The Morgan fingerprint density at radius 3 is 2.40 bits per heavy atom. The molecule has 2 aromatic carbocycles. The van der Waals surface area contributed by atoms with Gasteiger partial charge in [-0.05, 0) is 42.0 Å². The van der Waals surface area contributed by atoms with Gasteiger partial charge in [0, 0.05) is 6.07 Å². The predicted molar refractivity (Wildman–Crippen MR) is 94.6 cm³/mol. The number of hydrogen-bond donors (Lipinski definition) is 0. The molecule has 0 saturated carbocycles. The average Bonchev–Trinajstić information content (AvgIpc) is 3.01. The van der Waals surface area contributed by atoms with Gasteiger partial charge in [-0.1, -0.05) is 12.1 Å². The highest BCUT2D eigenvalue weighted by atomic mass is 16.5. The summed E-state index contributed by atoms with van der Waals surface area (Å²) in [5.41, 5.74) is 2.00. The molecule has 0 saturated heterocycles. The quantitative estimate of drug-likeness (QED) is 0.615. The van der Waals surface area contributed by atoms with Crippen molar-refractivity contribution >= 4 is 17.8 Å². The van der Waals surface area contributed by atoms with Crippen LogP contribution in [0, 0.1) is 0 Å². The van der Waals surface area contributed by atoms with E-state index in [1.54, 1.807) is 51.7 Å². The summed E-state index contributed by atoms with van der Waals surface area (Å²) >= 11 is 0. The monoisotopic (exact) mass is 338 g/mol. The summed E-state index contributed by atoms with van der Waals surface area (Å²) in [6.07, 6.45) is 3.46. The molecule has 128 valence electrons. The summed E-state index contributed by atoms with van der Waals surface area (Å²) in [5.74, 6) is 2.00. The Kier molecular flexibility index (Phi) is 4.75. The summed E-state index contributed by atoms with van der Waals surface area (Å²) in [7, 11) is 4.74. The fourth-order valence-electron chi connectivity index (χ4n) is 2.53. The lowest BCUT2D eigenvalue weighted by Gasteiger charge is -2.10. The van der Waals surface area contributed by atoms with E-state index in [2.05, 4.69) is 0 Å². The van der Waals surface area contributed by atoms with E-state index >= 15 is 0 Å². The first-order valence-corrected chi connectivity index (χ1v) is 7.66. The number of esters is 1. The fraction of sp³-hybridized carbons (Fsp3) is 0.150. The molecule has 0 aromatic heterocycles. The average molecular weight is 338 g/mol. The Labute approximate surface area is 146 Å². The number of ether oxygens (including phenoxy) is 4. The Balaban J connectivity index is 1.96. The van der Waals surface area contributed by atoms with Gasteiger partial charge >= 0.3 is 5.97 Å². The molecular formula is C20H18O5. The van der Waals surface area contributed by atoms with Gasteiger partial charge in [0.1, 0.15) is 23.0 Å². The van der Waals surface area contributed by atoms with E-state index in [9.17, 15) is 4.79 Å². The third kappa shape index (κ3) is 3.50. The zero-order valence-electron chi connectivity index (χ0n) is 14.2. The molecule has 0 fully saturated rings. The van der Waals surface area contributed by atoms with Gasteiger partial charge in [0.25, 0.3) is 0 Å². The molecule has 0 spiro atoms. The highest BCUT2D eigenvalue weighted by Crippen LogP contribution is 2.35. The van der Waals surface area contributed by atoms with E-state index in [1.807, 2.05) is 24.3 Å². The third-order valence-corrected chi connectivity index (χ3v) is 3.82.